The number of carbonyl (C=O) groups excluding carboxylic acids is 1. The maximum Gasteiger partial charge on any atom is 0.246 e. The van der Waals surface area contributed by atoms with Crippen LogP contribution in [0.5, 0.6) is 11.6 Å². The number of para-hydroxylation sites is 1. The Labute approximate surface area is 186 Å². The normalized spacial score (nSPS) is 14.1. The van der Waals surface area contributed by atoms with Crippen molar-refractivity contribution in [1.29, 1.82) is 0 Å². The molecule has 0 radical (unpaired) electrons. The Balaban J connectivity index is 1.37. The highest BCUT2D eigenvalue weighted by Gasteiger charge is 2.21. The third-order valence-electron chi connectivity index (χ3n) is 4.97. The Morgan fingerprint density at radius 1 is 1.00 bits per heavy atom. The predicted molar refractivity (Wildman–Crippen MR) is 123 cm³/mol. The van der Waals surface area contributed by atoms with E-state index >= 15 is 0 Å². The van der Waals surface area contributed by atoms with Crippen molar-refractivity contribution in [2.24, 2.45) is 0 Å². The van der Waals surface area contributed by atoms with Gasteiger partial charge in [-0.3, -0.25) is 4.79 Å². The minimum Gasteiger partial charge on any atom is -0.439 e. The van der Waals surface area contributed by atoms with Gasteiger partial charge in [-0.15, -0.1) is 0 Å². The second kappa shape index (κ2) is 9.62. The summed E-state index contributed by atoms with van der Waals surface area (Å²) in [6.45, 7) is 4.50. The number of hydrogen-bond acceptors (Lipinski definition) is 5. The first-order valence-corrected chi connectivity index (χ1v) is 10.5. The summed E-state index contributed by atoms with van der Waals surface area (Å²) in [5.41, 5.74) is 0.943. The molecule has 0 bridgehead atoms. The topological polar surface area (TPSA) is 58.6 Å². The van der Waals surface area contributed by atoms with E-state index in [4.69, 9.17) is 16.3 Å². The summed E-state index contributed by atoms with van der Waals surface area (Å²) in [5.74, 6) is 2.70. The molecule has 0 atom stereocenters. The highest BCUT2D eigenvalue weighted by molar-refractivity contribution is 6.30. The Morgan fingerprint density at radius 3 is 2.42 bits per heavy atom. The van der Waals surface area contributed by atoms with Crippen LogP contribution in [0.25, 0.3) is 6.08 Å². The second-order valence-electron chi connectivity index (χ2n) is 7.22. The van der Waals surface area contributed by atoms with Gasteiger partial charge >= 0.3 is 0 Å². The van der Waals surface area contributed by atoms with Crippen molar-refractivity contribution < 1.29 is 9.53 Å². The lowest BCUT2D eigenvalue weighted by Gasteiger charge is -2.35. The molecular formula is C24H23ClN4O2. The van der Waals surface area contributed by atoms with E-state index in [-0.39, 0.29) is 5.91 Å². The first kappa shape index (κ1) is 20.9. The molecule has 1 saturated heterocycles. The van der Waals surface area contributed by atoms with Crippen molar-refractivity contribution in [2.75, 3.05) is 31.1 Å². The number of anilines is 1. The molecule has 31 heavy (non-hydrogen) atoms. The van der Waals surface area contributed by atoms with Crippen molar-refractivity contribution in [3.05, 3.63) is 83.2 Å². The van der Waals surface area contributed by atoms with Crippen molar-refractivity contribution in [1.82, 2.24) is 14.9 Å². The number of benzene rings is 2. The summed E-state index contributed by atoms with van der Waals surface area (Å²) in [4.78, 5) is 25.5. The Bertz CT molecular complexity index is 1060. The molecule has 1 aliphatic heterocycles. The van der Waals surface area contributed by atoms with E-state index in [0.29, 0.717) is 42.9 Å². The average Bonchev–Trinajstić information content (AvgIpc) is 2.79. The molecule has 7 heteroatoms. The number of amides is 1. The highest BCUT2D eigenvalue weighted by Crippen LogP contribution is 2.24. The Hall–Kier alpha value is -3.38. The van der Waals surface area contributed by atoms with Crippen LogP contribution in [0, 0.1) is 6.92 Å². The number of aryl methyl sites for hydroxylation is 1. The van der Waals surface area contributed by atoms with Gasteiger partial charge in [-0.25, -0.2) is 4.98 Å². The summed E-state index contributed by atoms with van der Waals surface area (Å²) in [6.07, 6.45) is 3.42. The molecule has 1 aliphatic rings. The third-order valence-corrected chi connectivity index (χ3v) is 5.22. The molecule has 0 spiro atoms. The Morgan fingerprint density at radius 2 is 1.71 bits per heavy atom. The molecule has 4 rings (SSSR count). The van der Waals surface area contributed by atoms with E-state index in [2.05, 4.69) is 14.9 Å². The second-order valence-corrected chi connectivity index (χ2v) is 7.66. The van der Waals surface area contributed by atoms with Gasteiger partial charge in [-0.2, -0.15) is 4.98 Å². The van der Waals surface area contributed by atoms with Crippen molar-refractivity contribution in [3.63, 3.8) is 0 Å². The molecule has 2 heterocycles. The fraction of sp³-hybridized carbons (Fsp3) is 0.208. The number of halogens is 1. The van der Waals surface area contributed by atoms with Crippen LogP contribution in [-0.4, -0.2) is 47.0 Å². The van der Waals surface area contributed by atoms with E-state index in [9.17, 15) is 4.79 Å². The summed E-state index contributed by atoms with van der Waals surface area (Å²) in [6, 6.07) is 18.8. The molecule has 0 saturated carbocycles. The van der Waals surface area contributed by atoms with Gasteiger partial charge in [0.1, 0.15) is 17.4 Å². The number of carbonyl (C=O) groups is 1. The van der Waals surface area contributed by atoms with Gasteiger partial charge < -0.3 is 14.5 Å². The molecule has 0 N–H and O–H groups in total. The van der Waals surface area contributed by atoms with E-state index in [1.807, 2.05) is 78.6 Å². The van der Waals surface area contributed by atoms with Gasteiger partial charge in [0, 0.05) is 43.3 Å². The van der Waals surface area contributed by atoms with Gasteiger partial charge in [0.2, 0.25) is 11.8 Å². The largest absolute Gasteiger partial charge is 0.439 e. The molecule has 0 aliphatic carbocycles. The fourth-order valence-electron chi connectivity index (χ4n) is 3.35. The minimum absolute atomic E-state index is 0.00145. The molecule has 6 nitrogen and oxygen atoms in total. The zero-order valence-corrected chi connectivity index (χ0v) is 18.0. The maximum absolute atomic E-state index is 12.5. The standard InChI is InChI=1S/C24H23ClN4O2/c1-18-26-22(17-23(27-18)31-21-5-3-2-4-6-21)28-13-15-29(16-14-28)24(30)12-9-19-7-10-20(25)11-8-19/h2-12,17H,13-16H2,1H3/b12-9+. The fourth-order valence-corrected chi connectivity index (χ4v) is 3.48. The molecule has 1 amide bonds. The molecule has 3 aromatic rings. The lowest BCUT2D eigenvalue weighted by atomic mass is 10.2. The molecule has 1 fully saturated rings. The molecular weight excluding hydrogens is 412 g/mol. The number of aromatic nitrogens is 2. The van der Waals surface area contributed by atoms with Crippen LogP contribution in [0.3, 0.4) is 0 Å². The zero-order valence-electron chi connectivity index (χ0n) is 17.2. The molecule has 158 valence electrons. The summed E-state index contributed by atoms with van der Waals surface area (Å²) in [5, 5.41) is 0.678. The smallest absolute Gasteiger partial charge is 0.246 e. The van der Waals surface area contributed by atoms with Crippen molar-refractivity contribution in [3.8, 4) is 11.6 Å². The molecule has 0 unspecified atom stereocenters. The summed E-state index contributed by atoms with van der Waals surface area (Å²) in [7, 11) is 0. The lowest BCUT2D eigenvalue weighted by Crippen LogP contribution is -2.48. The van der Waals surface area contributed by atoms with Crippen molar-refractivity contribution >= 4 is 29.4 Å². The number of rotatable bonds is 5. The van der Waals surface area contributed by atoms with Gasteiger partial charge in [0.25, 0.3) is 0 Å². The predicted octanol–water partition coefficient (Wildman–Crippen LogP) is 4.59. The summed E-state index contributed by atoms with van der Waals surface area (Å²) < 4.78 is 5.87. The number of piperazine rings is 1. The van der Waals surface area contributed by atoms with E-state index in [0.717, 1.165) is 17.1 Å². The van der Waals surface area contributed by atoms with Crippen LogP contribution in [0.1, 0.15) is 11.4 Å². The van der Waals surface area contributed by atoms with E-state index in [1.165, 1.54) is 0 Å². The van der Waals surface area contributed by atoms with Crippen LogP contribution >= 0.6 is 11.6 Å². The number of hydrogen-bond donors (Lipinski definition) is 0. The van der Waals surface area contributed by atoms with Gasteiger partial charge in [-0.1, -0.05) is 41.9 Å². The van der Waals surface area contributed by atoms with Gasteiger partial charge in [-0.05, 0) is 42.8 Å². The number of nitrogens with zero attached hydrogens (tertiary/aromatic N) is 4. The lowest BCUT2D eigenvalue weighted by molar-refractivity contribution is -0.126. The van der Waals surface area contributed by atoms with Crippen LogP contribution in [0.15, 0.2) is 66.7 Å². The first-order valence-electron chi connectivity index (χ1n) is 10.1. The van der Waals surface area contributed by atoms with Crippen LogP contribution in [0.2, 0.25) is 5.02 Å². The maximum atomic E-state index is 12.5. The highest BCUT2D eigenvalue weighted by atomic mass is 35.5. The minimum atomic E-state index is 0.00145. The quantitative estimate of drug-likeness (QED) is 0.549. The summed E-state index contributed by atoms with van der Waals surface area (Å²) >= 11 is 5.90. The monoisotopic (exact) mass is 434 g/mol. The van der Waals surface area contributed by atoms with E-state index < -0.39 is 0 Å². The zero-order chi connectivity index (χ0) is 21.6. The Kier molecular flexibility index (Phi) is 6.48. The molecule has 1 aromatic heterocycles. The van der Waals surface area contributed by atoms with Gasteiger partial charge in [0.15, 0.2) is 0 Å². The van der Waals surface area contributed by atoms with E-state index in [1.54, 1.807) is 6.08 Å². The SMILES string of the molecule is Cc1nc(Oc2ccccc2)cc(N2CCN(C(=O)/C=C/c3ccc(Cl)cc3)CC2)n1. The van der Waals surface area contributed by atoms with Gasteiger partial charge in [0.05, 0.1) is 0 Å². The third kappa shape index (κ3) is 5.61. The van der Waals surface area contributed by atoms with Crippen LogP contribution in [0.4, 0.5) is 5.82 Å². The van der Waals surface area contributed by atoms with Crippen LogP contribution < -0.4 is 9.64 Å². The van der Waals surface area contributed by atoms with Crippen molar-refractivity contribution in [2.45, 2.75) is 6.92 Å². The average molecular weight is 435 g/mol. The number of ether oxygens (including phenoxy) is 1. The van der Waals surface area contributed by atoms with Crippen LogP contribution in [-0.2, 0) is 4.79 Å². The first-order chi connectivity index (χ1) is 15.1. The molecule has 2 aromatic carbocycles.